The molecule has 1 aromatic heterocycles. The molecule has 1 aliphatic heterocycles. The van der Waals surface area contributed by atoms with E-state index in [0.717, 1.165) is 5.69 Å². The lowest BCUT2D eigenvalue weighted by Gasteiger charge is -2.36. The van der Waals surface area contributed by atoms with Crippen molar-refractivity contribution in [1.29, 1.82) is 5.26 Å². The summed E-state index contributed by atoms with van der Waals surface area (Å²) in [4.78, 5) is 19.6. The first-order valence-electron chi connectivity index (χ1n) is 7.34. The van der Waals surface area contributed by atoms with E-state index in [2.05, 4.69) is 16.0 Å². The smallest absolute Gasteiger partial charge is 0.258 e. The highest BCUT2D eigenvalue weighted by atomic mass is 19.1. The Kier molecular flexibility index (Phi) is 4.20. The number of hydrogen-bond acceptors (Lipinski definition) is 4. The van der Waals surface area contributed by atoms with Crippen LogP contribution in [0.1, 0.15) is 15.9 Å². The van der Waals surface area contributed by atoms with E-state index in [1.165, 1.54) is 12.3 Å². The van der Waals surface area contributed by atoms with Gasteiger partial charge in [-0.25, -0.2) is 4.98 Å². The summed E-state index contributed by atoms with van der Waals surface area (Å²) < 4.78 is 13.6. The van der Waals surface area contributed by atoms with Crippen LogP contribution in [0.25, 0.3) is 0 Å². The number of nitriles is 1. The second-order valence-corrected chi connectivity index (χ2v) is 5.28. The van der Waals surface area contributed by atoms with Crippen LogP contribution in [0.5, 0.6) is 0 Å². The molecule has 0 radical (unpaired) electrons. The molecule has 2 aromatic rings. The highest BCUT2D eigenvalue weighted by Gasteiger charge is 2.24. The lowest BCUT2D eigenvalue weighted by molar-refractivity contribution is 0.0741. The van der Waals surface area contributed by atoms with E-state index in [0.29, 0.717) is 31.7 Å². The molecule has 1 amide bonds. The molecular formula is C17H15FN4O. The van der Waals surface area contributed by atoms with Crippen molar-refractivity contribution >= 4 is 11.6 Å². The van der Waals surface area contributed by atoms with E-state index in [-0.39, 0.29) is 11.5 Å². The molecule has 23 heavy (non-hydrogen) atoms. The van der Waals surface area contributed by atoms with Gasteiger partial charge in [-0.1, -0.05) is 0 Å². The van der Waals surface area contributed by atoms with Crippen LogP contribution in [-0.4, -0.2) is 42.0 Å². The summed E-state index contributed by atoms with van der Waals surface area (Å²) >= 11 is 0. The van der Waals surface area contributed by atoms with Gasteiger partial charge in [0.2, 0.25) is 5.95 Å². The largest absolute Gasteiger partial charge is 0.368 e. The highest BCUT2D eigenvalue weighted by molar-refractivity contribution is 5.94. The number of rotatable bonds is 2. The minimum atomic E-state index is -0.730. The lowest BCUT2D eigenvalue weighted by atomic mass is 10.1. The maximum Gasteiger partial charge on any atom is 0.258 e. The minimum absolute atomic E-state index is 0.0133. The highest BCUT2D eigenvalue weighted by Crippen LogP contribution is 2.18. The summed E-state index contributed by atoms with van der Waals surface area (Å²) in [6.07, 6.45) is 1.33. The molecular weight excluding hydrogens is 295 g/mol. The van der Waals surface area contributed by atoms with Crippen molar-refractivity contribution in [3.63, 3.8) is 0 Å². The van der Waals surface area contributed by atoms with Crippen molar-refractivity contribution in [2.45, 2.75) is 0 Å². The first-order chi connectivity index (χ1) is 11.2. The molecule has 5 nitrogen and oxygen atoms in total. The summed E-state index contributed by atoms with van der Waals surface area (Å²) in [6.45, 7) is 2.37. The fraction of sp³-hybridized carbons (Fsp3) is 0.235. The first kappa shape index (κ1) is 15.0. The van der Waals surface area contributed by atoms with Crippen LogP contribution < -0.4 is 4.90 Å². The normalized spacial score (nSPS) is 14.4. The van der Waals surface area contributed by atoms with Gasteiger partial charge in [0, 0.05) is 38.1 Å². The summed E-state index contributed by atoms with van der Waals surface area (Å²) in [6, 6.07) is 12.5. The molecule has 116 valence electrons. The molecule has 0 N–H and O–H groups in total. The van der Waals surface area contributed by atoms with Gasteiger partial charge in [-0.15, -0.1) is 0 Å². The fourth-order valence-corrected chi connectivity index (χ4v) is 2.63. The van der Waals surface area contributed by atoms with Gasteiger partial charge in [-0.05, 0) is 36.4 Å². The van der Waals surface area contributed by atoms with E-state index in [1.807, 2.05) is 12.1 Å². The van der Waals surface area contributed by atoms with Crippen LogP contribution in [-0.2, 0) is 0 Å². The Bertz CT molecular complexity index is 746. The quantitative estimate of drug-likeness (QED) is 0.797. The third kappa shape index (κ3) is 3.14. The topological polar surface area (TPSA) is 60.2 Å². The fourth-order valence-electron chi connectivity index (χ4n) is 2.63. The second kappa shape index (κ2) is 6.44. The Labute approximate surface area is 133 Å². The Hall–Kier alpha value is -2.94. The zero-order chi connectivity index (χ0) is 16.2. The van der Waals surface area contributed by atoms with Gasteiger partial charge in [-0.2, -0.15) is 9.65 Å². The van der Waals surface area contributed by atoms with Gasteiger partial charge in [-0.3, -0.25) is 4.79 Å². The van der Waals surface area contributed by atoms with E-state index in [4.69, 9.17) is 5.26 Å². The number of anilines is 1. The van der Waals surface area contributed by atoms with Crippen LogP contribution in [0.2, 0.25) is 0 Å². The molecule has 0 spiro atoms. The molecule has 0 saturated carbocycles. The number of carbonyl (C=O) groups excluding carboxylic acids is 1. The van der Waals surface area contributed by atoms with E-state index < -0.39 is 5.95 Å². The minimum Gasteiger partial charge on any atom is -0.368 e. The van der Waals surface area contributed by atoms with Crippen molar-refractivity contribution in [3.05, 3.63) is 59.7 Å². The molecule has 0 atom stereocenters. The average molecular weight is 310 g/mol. The van der Waals surface area contributed by atoms with Crippen LogP contribution in [0.4, 0.5) is 10.1 Å². The maximum atomic E-state index is 13.6. The van der Waals surface area contributed by atoms with Gasteiger partial charge in [0.15, 0.2) is 0 Å². The van der Waals surface area contributed by atoms with E-state index in [9.17, 15) is 9.18 Å². The summed E-state index contributed by atoms with van der Waals surface area (Å²) in [7, 11) is 0. The van der Waals surface area contributed by atoms with Gasteiger partial charge in [0.05, 0.1) is 17.2 Å². The van der Waals surface area contributed by atoms with Gasteiger partial charge in [0.1, 0.15) is 0 Å². The van der Waals surface area contributed by atoms with Crippen LogP contribution in [0.15, 0.2) is 42.6 Å². The van der Waals surface area contributed by atoms with Crippen LogP contribution >= 0.6 is 0 Å². The summed E-state index contributed by atoms with van der Waals surface area (Å²) in [5, 5.41) is 8.82. The molecule has 1 saturated heterocycles. The van der Waals surface area contributed by atoms with Crippen molar-refractivity contribution in [2.75, 3.05) is 31.1 Å². The van der Waals surface area contributed by atoms with E-state index in [1.54, 1.807) is 23.1 Å². The monoisotopic (exact) mass is 310 g/mol. The summed E-state index contributed by atoms with van der Waals surface area (Å²) in [5.74, 6) is -1.05. The number of amides is 1. The molecule has 1 aliphatic rings. The summed E-state index contributed by atoms with van der Waals surface area (Å²) in [5.41, 5.74) is 1.65. The molecule has 2 heterocycles. The van der Waals surface area contributed by atoms with Crippen molar-refractivity contribution < 1.29 is 9.18 Å². The number of piperazine rings is 1. The molecule has 0 bridgehead atoms. The Balaban J connectivity index is 1.65. The molecule has 3 rings (SSSR count). The standard InChI is InChI=1S/C17H15FN4O/c18-16-15(2-1-7-20-16)17(23)22-10-8-21(9-11-22)14-5-3-13(12-19)4-6-14/h1-7H,8-11H2. The third-order valence-corrected chi connectivity index (χ3v) is 3.92. The zero-order valence-corrected chi connectivity index (χ0v) is 12.4. The molecule has 6 heteroatoms. The lowest BCUT2D eigenvalue weighted by Crippen LogP contribution is -2.49. The van der Waals surface area contributed by atoms with Crippen LogP contribution in [0, 0.1) is 17.3 Å². The van der Waals surface area contributed by atoms with Gasteiger partial charge >= 0.3 is 0 Å². The number of hydrogen-bond donors (Lipinski definition) is 0. The number of benzene rings is 1. The van der Waals surface area contributed by atoms with Crippen LogP contribution in [0.3, 0.4) is 0 Å². The second-order valence-electron chi connectivity index (χ2n) is 5.28. The Morgan fingerprint density at radius 2 is 1.83 bits per heavy atom. The molecule has 1 aromatic carbocycles. The SMILES string of the molecule is N#Cc1ccc(N2CCN(C(=O)c3cccnc3F)CC2)cc1. The molecule has 0 aliphatic carbocycles. The van der Waals surface area contributed by atoms with Crippen molar-refractivity contribution in [1.82, 2.24) is 9.88 Å². The predicted molar refractivity (Wildman–Crippen MR) is 83.5 cm³/mol. The molecule has 1 fully saturated rings. The van der Waals surface area contributed by atoms with Gasteiger partial charge in [0.25, 0.3) is 5.91 Å². The third-order valence-electron chi connectivity index (χ3n) is 3.92. The number of carbonyl (C=O) groups is 1. The zero-order valence-electron chi connectivity index (χ0n) is 12.4. The van der Waals surface area contributed by atoms with Crippen molar-refractivity contribution in [2.24, 2.45) is 0 Å². The van der Waals surface area contributed by atoms with E-state index >= 15 is 0 Å². The van der Waals surface area contributed by atoms with Gasteiger partial charge < -0.3 is 9.80 Å². The number of halogens is 1. The predicted octanol–water partition coefficient (Wildman–Crippen LogP) is 2.05. The average Bonchev–Trinajstić information content (AvgIpc) is 2.62. The Morgan fingerprint density at radius 1 is 1.13 bits per heavy atom. The van der Waals surface area contributed by atoms with Crippen molar-refractivity contribution in [3.8, 4) is 6.07 Å². The maximum absolute atomic E-state index is 13.6. The first-order valence-corrected chi connectivity index (χ1v) is 7.34. The number of nitrogens with zero attached hydrogens (tertiary/aromatic N) is 4. The molecule has 0 unspecified atom stereocenters. The Morgan fingerprint density at radius 3 is 2.43 bits per heavy atom. The number of pyridine rings is 1. The number of aromatic nitrogens is 1.